The van der Waals surface area contributed by atoms with Crippen LogP contribution in [-0.4, -0.2) is 18.2 Å². The Morgan fingerprint density at radius 2 is 2.11 bits per heavy atom. The van der Waals surface area contributed by atoms with Gasteiger partial charge in [-0.2, -0.15) is 0 Å². The van der Waals surface area contributed by atoms with E-state index in [-0.39, 0.29) is 30.3 Å². The van der Waals surface area contributed by atoms with Crippen molar-refractivity contribution in [3.63, 3.8) is 0 Å². The first-order valence-corrected chi connectivity index (χ1v) is 7.62. The molecule has 1 aliphatic rings. The van der Waals surface area contributed by atoms with Gasteiger partial charge in [0.2, 0.25) is 5.91 Å². The Hall–Kier alpha value is -0.710. The third kappa shape index (κ3) is 4.41. The lowest BCUT2D eigenvalue weighted by Gasteiger charge is -2.25. The van der Waals surface area contributed by atoms with Crippen molar-refractivity contribution in [2.45, 2.75) is 36.6 Å². The summed E-state index contributed by atoms with van der Waals surface area (Å²) in [5.41, 5.74) is 6.84. The average molecular weight is 301 g/mol. The van der Waals surface area contributed by atoms with E-state index in [0.717, 1.165) is 36.3 Å². The Bertz CT molecular complexity index is 428. The Morgan fingerprint density at radius 3 is 2.79 bits per heavy atom. The van der Waals surface area contributed by atoms with Gasteiger partial charge in [-0.15, -0.1) is 24.2 Å². The third-order valence-electron chi connectivity index (χ3n) is 3.45. The molecular formula is C14H21ClN2OS. The van der Waals surface area contributed by atoms with E-state index in [4.69, 9.17) is 5.73 Å². The summed E-state index contributed by atoms with van der Waals surface area (Å²) in [6.07, 6.45) is 5.89. The monoisotopic (exact) mass is 300 g/mol. The Morgan fingerprint density at radius 1 is 1.37 bits per heavy atom. The zero-order valence-electron chi connectivity index (χ0n) is 11.1. The Kier molecular flexibility index (Phi) is 6.69. The summed E-state index contributed by atoms with van der Waals surface area (Å²) in [5, 5.41) is 3.04. The number of anilines is 1. The molecule has 0 spiro atoms. The molecule has 0 radical (unpaired) electrons. The molecule has 1 aromatic carbocycles. The molecule has 2 atom stereocenters. The molecule has 106 valence electrons. The fourth-order valence-corrected chi connectivity index (χ4v) is 3.00. The van der Waals surface area contributed by atoms with Crippen LogP contribution >= 0.6 is 24.2 Å². The van der Waals surface area contributed by atoms with E-state index in [1.165, 1.54) is 0 Å². The number of thioether (sulfide) groups is 1. The zero-order valence-corrected chi connectivity index (χ0v) is 12.7. The largest absolute Gasteiger partial charge is 0.328 e. The summed E-state index contributed by atoms with van der Waals surface area (Å²) in [5.74, 6) is 0.190. The summed E-state index contributed by atoms with van der Waals surface area (Å²) in [6.45, 7) is 0. The molecule has 5 heteroatoms. The van der Waals surface area contributed by atoms with E-state index >= 15 is 0 Å². The molecule has 3 nitrogen and oxygen atoms in total. The number of hydrogen-bond acceptors (Lipinski definition) is 3. The van der Waals surface area contributed by atoms with Gasteiger partial charge in [-0.3, -0.25) is 4.79 Å². The Labute approximate surface area is 125 Å². The van der Waals surface area contributed by atoms with Gasteiger partial charge in [0.25, 0.3) is 0 Å². The highest BCUT2D eigenvalue weighted by Gasteiger charge is 2.25. The van der Waals surface area contributed by atoms with Crippen molar-refractivity contribution in [2.75, 3.05) is 11.6 Å². The lowest BCUT2D eigenvalue weighted by molar-refractivity contribution is -0.120. The van der Waals surface area contributed by atoms with Crippen LogP contribution in [-0.2, 0) is 4.79 Å². The number of nitrogens with two attached hydrogens (primary N) is 1. The first-order chi connectivity index (χ1) is 8.70. The molecule has 19 heavy (non-hydrogen) atoms. The molecule has 0 aromatic heterocycles. The number of rotatable bonds is 3. The quantitative estimate of drug-likeness (QED) is 0.842. The molecule has 1 aromatic rings. The van der Waals surface area contributed by atoms with Crippen LogP contribution in [0, 0.1) is 5.92 Å². The van der Waals surface area contributed by atoms with Crippen molar-refractivity contribution in [2.24, 2.45) is 11.7 Å². The van der Waals surface area contributed by atoms with Crippen LogP contribution in [0.25, 0.3) is 0 Å². The van der Waals surface area contributed by atoms with Gasteiger partial charge >= 0.3 is 0 Å². The summed E-state index contributed by atoms with van der Waals surface area (Å²) >= 11 is 1.65. The standard InChI is InChI=1S/C14H20N2OS.ClH/c1-18-13-8-3-2-7-12(13)16-14(17)10-5-4-6-11(15)9-10;/h2-3,7-8,10-11H,4-6,9,15H2,1H3,(H,16,17);1H. The van der Waals surface area contributed by atoms with Gasteiger partial charge in [0.1, 0.15) is 0 Å². The topological polar surface area (TPSA) is 55.1 Å². The summed E-state index contributed by atoms with van der Waals surface area (Å²) < 4.78 is 0. The maximum atomic E-state index is 12.2. The predicted molar refractivity (Wildman–Crippen MR) is 84.0 cm³/mol. The molecule has 1 aliphatic carbocycles. The lowest BCUT2D eigenvalue weighted by atomic mass is 9.85. The van der Waals surface area contributed by atoms with E-state index in [2.05, 4.69) is 5.32 Å². The van der Waals surface area contributed by atoms with E-state index < -0.39 is 0 Å². The van der Waals surface area contributed by atoms with E-state index in [0.29, 0.717) is 0 Å². The molecule has 0 saturated heterocycles. The molecule has 2 unspecified atom stereocenters. The van der Waals surface area contributed by atoms with Crippen LogP contribution in [0.4, 0.5) is 5.69 Å². The van der Waals surface area contributed by atoms with Crippen LogP contribution < -0.4 is 11.1 Å². The third-order valence-corrected chi connectivity index (χ3v) is 4.25. The van der Waals surface area contributed by atoms with Crippen LogP contribution in [0.5, 0.6) is 0 Å². The molecule has 2 rings (SSSR count). The molecule has 0 heterocycles. The second-order valence-electron chi connectivity index (χ2n) is 4.81. The van der Waals surface area contributed by atoms with Crippen molar-refractivity contribution in [1.29, 1.82) is 0 Å². The normalized spacial score (nSPS) is 22.4. The van der Waals surface area contributed by atoms with E-state index in [1.807, 2.05) is 30.5 Å². The number of nitrogens with one attached hydrogen (secondary N) is 1. The van der Waals surface area contributed by atoms with Crippen molar-refractivity contribution in [3.8, 4) is 0 Å². The first-order valence-electron chi connectivity index (χ1n) is 6.40. The van der Waals surface area contributed by atoms with Crippen LogP contribution in [0.3, 0.4) is 0 Å². The number of carbonyl (C=O) groups excluding carboxylic acids is 1. The fourth-order valence-electron chi connectivity index (χ4n) is 2.45. The summed E-state index contributed by atoms with van der Waals surface area (Å²) in [4.78, 5) is 13.3. The maximum Gasteiger partial charge on any atom is 0.227 e. The van der Waals surface area contributed by atoms with Gasteiger partial charge in [0.05, 0.1) is 5.69 Å². The van der Waals surface area contributed by atoms with Gasteiger partial charge in [0.15, 0.2) is 0 Å². The minimum atomic E-state index is 0. The van der Waals surface area contributed by atoms with E-state index in [1.54, 1.807) is 11.8 Å². The highest BCUT2D eigenvalue weighted by Crippen LogP contribution is 2.28. The highest BCUT2D eigenvalue weighted by atomic mass is 35.5. The Balaban J connectivity index is 0.00000180. The molecule has 1 saturated carbocycles. The molecule has 3 N–H and O–H groups in total. The maximum absolute atomic E-state index is 12.2. The molecule has 0 bridgehead atoms. The van der Waals surface area contributed by atoms with Gasteiger partial charge in [-0.05, 0) is 37.7 Å². The number of benzene rings is 1. The second kappa shape index (κ2) is 7.78. The van der Waals surface area contributed by atoms with Gasteiger partial charge in [0, 0.05) is 16.9 Å². The number of para-hydroxylation sites is 1. The first kappa shape index (κ1) is 16.3. The summed E-state index contributed by atoms with van der Waals surface area (Å²) in [6, 6.07) is 8.09. The van der Waals surface area contributed by atoms with Crippen LogP contribution in [0.15, 0.2) is 29.2 Å². The smallest absolute Gasteiger partial charge is 0.227 e. The van der Waals surface area contributed by atoms with Crippen molar-refractivity contribution >= 4 is 35.8 Å². The lowest BCUT2D eigenvalue weighted by Crippen LogP contribution is -2.34. The van der Waals surface area contributed by atoms with E-state index in [9.17, 15) is 4.79 Å². The summed E-state index contributed by atoms with van der Waals surface area (Å²) in [7, 11) is 0. The zero-order chi connectivity index (χ0) is 13.0. The fraction of sp³-hybridized carbons (Fsp3) is 0.500. The van der Waals surface area contributed by atoms with Crippen LogP contribution in [0.1, 0.15) is 25.7 Å². The number of amides is 1. The average Bonchev–Trinajstić information content (AvgIpc) is 2.39. The minimum Gasteiger partial charge on any atom is -0.328 e. The minimum absolute atomic E-state index is 0. The molecule has 1 amide bonds. The van der Waals surface area contributed by atoms with Crippen LogP contribution in [0.2, 0.25) is 0 Å². The van der Waals surface area contributed by atoms with Crippen molar-refractivity contribution in [1.82, 2.24) is 0 Å². The van der Waals surface area contributed by atoms with Gasteiger partial charge in [-0.25, -0.2) is 0 Å². The number of carbonyl (C=O) groups is 1. The highest BCUT2D eigenvalue weighted by molar-refractivity contribution is 7.98. The second-order valence-corrected chi connectivity index (χ2v) is 5.66. The number of halogens is 1. The van der Waals surface area contributed by atoms with Crippen molar-refractivity contribution in [3.05, 3.63) is 24.3 Å². The van der Waals surface area contributed by atoms with Gasteiger partial charge < -0.3 is 11.1 Å². The molecule has 0 aliphatic heterocycles. The predicted octanol–water partition coefficient (Wildman–Crippen LogP) is 3.29. The van der Waals surface area contributed by atoms with Gasteiger partial charge in [-0.1, -0.05) is 18.6 Å². The molecular weight excluding hydrogens is 280 g/mol. The molecule has 1 fully saturated rings. The van der Waals surface area contributed by atoms with Crippen molar-refractivity contribution < 1.29 is 4.79 Å². The number of hydrogen-bond donors (Lipinski definition) is 2. The SMILES string of the molecule is CSc1ccccc1NC(=O)C1CCCC(N)C1.Cl.